The van der Waals surface area contributed by atoms with Crippen LogP contribution in [0.15, 0.2) is 30.3 Å². The third kappa shape index (κ3) is 1.87. The fourth-order valence-electron chi connectivity index (χ4n) is 3.01. The SMILES string of the molecule is CC1(C)C=C(B2OC(C)(C)C(C)(C)O2)c2ccccc21. The maximum Gasteiger partial charge on any atom is 0.495 e. The molecule has 2 nitrogen and oxygen atoms in total. The summed E-state index contributed by atoms with van der Waals surface area (Å²) in [6, 6.07) is 8.55. The monoisotopic (exact) mass is 270 g/mol. The van der Waals surface area contributed by atoms with E-state index in [1.165, 1.54) is 16.6 Å². The zero-order chi connectivity index (χ0) is 14.8. The van der Waals surface area contributed by atoms with Crippen LogP contribution in [0.4, 0.5) is 0 Å². The summed E-state index contributed by atoms with van der Waals surface area (Å²) < 4.78 is 12.4. The minimum absolute atomic E-state index is 0.0372. The van der Waals surface area contributed by atoms with Crippen LogP contribution in [0, 0.1) is 0 Å². The predicted octanol–water partition coefficient (Wildman–Crippen LogP) is 3.99. The van der Waals surface area contributed by atoms with Gasteiger partial charge in [0.25, 0.3) is 0 Å². The molecule has 1 aliphatic carbocycles. The van der Waals surface area contributed by atoms with Crippen molar-refractivity contribution < 1.29 is 9.31 Å². The fraction of sp³-hybridized carbons (Fsp3) is 0.529. The van der Waals surface area contributed by atoms with E-state index in [4.69, 9.17) is 9.31 Å². The molecule has 0 bridgehead atoms. The van der Waals surface area contributed by atoms with Crippen molar-refractivity contribution in [1.29, 1.82) is 0 Å². The summed E-state index contributed by atoms with van der Waals surface area (Å²) >= 11 is 0. The summed E-state index contributed by atoms with van der Waals surface area (Å²) in [5.74, 6) is 0. The van der Waals surface area contributed by atoms with Crippen LogP contribution in [0.5, 0.6) is 0 Å². The van der Waals surface area contributed by atoms with Crippen molar-refractivity contribution in [2.75, 3.05) is 0 Å². The lowest BCUT2D eigenvalue weighted by Gasteiger charge is -2.32. The average molecular weight is 270 g/mol. The molecule has 0 N–H and O–H groups in total. The molecule has 0 unspecified atom stereocenters. The lowest BCUT2D eigenvalue weighted by molar-refractivity contribution is 0.00578. The fourth-order valence-corrected chi connectivity index (χ4v) is 3.01. The Bertz CT molecular complexity index is 568. The zero-order valence-corrected chi connectivity index (χ0v) is 13.3. The van der Waals surface area contributed by atoms with Gasteiger partial charge in [-0.2, -0.15) is 0 Å². The van der Waals surface area contributed by atoms with Gasteiger partial charge in [0.05, 0.1) is 11.2 Å². The molecule has 1 aromatic rings. The van der Waals surface area contributed by atoms with Crippen molar-refractivity contribution in [2.24, 2.45) is 0 Å². The quantitative estimate of drug-likeness (QED) is 0.718. The summed E-state index contributed by atoms with van der Waals surface area (Å²) in [5.41, 5.74) is 3.24. The average Bonchev–Trinajstić information content (AvgIpc) is 2.72. The van der Waals surface area contributed by atoms with Crippen LogP contribution in [-0.4, -0.2) is 18.3 Å². The standard InChI is InChI=1S/C17H23BO2/c1-15(2)11-14(12-9-7-8-10-13(12)15)18-19-16(3,4)17(5,6)20-18/h7-11H,1-6H3. The maximum atomic E-state index is 6.21. The molecule has 20 heavy (non-hydrogen) atoms. The van der Waals surface area contributed by atoms with Crippen molar-refractivity contribution in [1.82, 2.24) is 0 Å². The Hall–Kier alpha value is -1.06. The molecule has 1 saturated heterocycles. The summed E-state index contributed by atoms with van der Waals surface area (Å²) in [6.07, 6.45) is 2.29. The van der Waals surface area contributed by atoms with Gasteiger partial charge in [-0.1, -0.05) is 44.2 Å². The normalized spacial score (nSPS) is 25.5. The van der Waals surface area contributed by atoms with Gasteiger partial charge in [-0.25, -0.2) is 0 Å². The number of hydrogen-bond acceptors (Lipinski definition) is 2. The highest BCUT2D eigenvalue weighted by Gasteiger charge is 2.54. The maximum absolute atomic E-state index is 6.21. The van der Waals surface area contributed by atoms with Crippen molar-refractivity contribution in [3.63, 3.8) is 0 Å². The second-order valence-corrected chi connectivity index (χ2v) is 7.46. The summed E-state index contributed by atoms with van der Waals surface area (Å²) in [6.45, 7) is 12.9. The number of benzene rings is 1. The smallest absolute Gasteiger partial charge is 0.399 e. The zero-order valence-electron chi connectivity index (χ0n) is 13.3. The molecule has 1 aliphatic heterocycles. The van der Waals surface area contributed by atoms with Gasteiger partial charge in [0.1, 0.15) is 0 Å². The van der Waals surface area contributed by atoms with Crippen molar-refractivity contribution in [2.45, 2.75) is 58.2 Å². The van der Waals surface area contributed by atoms with E-state index in [1.54, 1.807) is 0 Å². The molecule has 2 aliphatic rings. The van der Waals surface area contributed by atoms with E-state index in [-0.39, 0.29) is 23.7 Å². The first-order valence-corrected chi connectivity index (χ1v) is 7.32. The highest BCUT2D eigenvalue weighted by atomic mass is 16.7. The summed E-state index contributed by atoms with van der Waals surface area (Å²) in [5, 5.41) is 0. The number of fused-ring (bicyclic) bond motifs is 1. The summed E-state index contributed by atoms with van der Waals surface area (Å²) in [7, 11) is -0.275. The molecule has 0 radical (unpaired) electrons. The van der Waals surface area contributed by atoms with Gasteiger partial charge in [-0.15, -0.1) is 0 Å². The van der Waals surface area contributed by atoms with Gasteiger partial charge in [0.2, 0.25) is 0 Å². The highest BCUT2D eigenvalue weighted by molar-refractivity contribution is 6.69. The molecule has 1 fully saturated rings. The largest absolute Gasteiger partial charge is 0.495 e. The van der Waals surface area contributed by atoms with Crippen molar-refractivity contribution >= 4 is 12.6 Å². The first kappa shape index (κ1) is 13.9. The minimum Gasteiger partial charge on any atom is -0.399 e. The first-order valence-electron chi connectivity index (χ1n) is 7.32. The van der Waals surface area contributed by atoms with Gasteiger partial charge in [0, 0.05) is 5.41 Å². The first-order chi connectivity index (χ1) is 9.14. The molecule has 0 amide bonds. The Morgan fingerprint density at radius 1 is 0.850 bits per heavy atom. The van der Waals surface area contributed by atoms with E-state index in [0.29, 0.717) is 0 Å². The second kappa shape index (κ2) is 3.99. The van der Waals surface area contributed by atoms with Gasteiger partial charge >= 0.3 is 7.12 Å². The second-order valence-electron chi connectivity index (χ2n) is 7.46. The molecule has 3 heteroatoms. The van der Waals surface area contributed by atoms with Gasteiger partial charge < -0.3 is 9.31 Å². The van der Waals surface area contributed by atoms with Gasteiger partial charge in [0.15, 0.2) is 0 Å². The highest BCUT2D eigenvalue weighted by Crippen LogP contribution is 2.46. The van der Waals surface area contributed by atoms with Crippen LogP contribution in [0.1, 0.15) is 52.7 Å². The third-order valence-corrected chi connectivity index (χ3v) is 4.96. The van der Waals surface area contributed by atoms with Crippen LogP contribution in [0.2, 0.25) is 0 Å². The molecule has 106 valence electrons. The molecule has 3 rings (SSSR count). The number of hydrogen-bond donors (Lipinski definition) is 0. The van der Waals surface area contributed by atoms with E-state index < -0.39 is 0 Å². The van der Waals surface area contributed by atoms with E-state index >= 15 is 0 Å². The summed E-state index contributed by atoms with van der Waals surface area (Å²) in [4.78, 5) is 0. The van der Waals surface area contributed by atoms with E-state index in [9.17, 15) is 0 Å². The predicted molar refractivity (Wildman–Crippen MR) is 83.5 cm³/mol. The van der Waals surface area contributed by atoms with Crippen molar-refractivity contribution in [3.05, 3.63) is 41.5 Å². The van der Waals surface area contributed by atoms with Crippen LogP contribution in [0.25, 0.3) is 5.47 Å². The molecular weight excluding hydrogens is 247 g/mol. The minimum atomic E-state index is -0.291. The lowest BCUT2D eigenvalue weighted by Crippen LogP contribution is -2.41. The Labute approximate surface area is 122 Å². The molecule has 1 heterocycles. The molecule has 0 aromatic heterocycles. The Morgan fingerprint density at radius 3 is 2.00 bits per heavy atom. The van der Waals surface area contributed by atoms with Gasteiger partial charge in [-0.05, 0) is 44.3 Å². The Kier molecular flexibility index (Phi) is 2.77. The van der Waals surface area contributed by atoms with Crippen LogP contribution in [-0.2, 0) is 14.7 Å². The van der Waals surface area contributed by atoms with E-state index in [2.05, 4.69) is 71.9 Å². The van der Waals surface area contributed by atoms with Gasteiger partial charge in [-0.3, -0.25) is 0 Å². The lowest BCUT2D eigenvalue weighted by atomic mass is 9.75. The molecule has 1 aromatic carbocycles. The number of allylic oxidation sites excluding steroid dienone is 1. The van der Waals surface area contributed by atoms with Crippen molar-refractivity contribution in [3.8, 4) is 0 Å². The van der Waals surface area contributed by atoms with Crippen LogP contribution < -0.4 is 0 Å². The molecular formula is C17H23BO2. The Morgan fingerprint density at radius 2 is 1.40 bits per heavy atom. The van der Waals surface area contributed by atoms with E-state index in [0.717, 1.165) is 0 Å². The molecule has 0 spiro atoms. The van der Waals surface area contributed by atoms with E-state index in [1.807, 2.05) is 0 Å². The molecule has 0 saturated carbocycles. The van der Waals surface area contributed by atoms with Crippen LogP contribution >= 0.6 is 0 Å². The Balaban J connectivity index is 2.02. The third-order valence-electron chi connectivity index (χ3n) is 4.96. The number of rotatable bonds is 1. The molecule has 0 atom stereocenters. The topological polar surface area (TPSA) is 18.5 Å². The van der Waals surface area contributed by atoms with Crippen LogP contribution in [0.3, 0.4) is 0 Å².